The third kappa shape index (κ3) is 4.74. The highest BCUT2D eigenvalue weighted by Crippen LogP contribution is 2.47. The topological polar surface area (TPSA) is 47.5 Å². The summed E-state index contributed by atoms with van der Waals surface area (Å²) in [5, 5.41) is 0.164. The maximum atomic E-state index is 14.4. The van der Waals surface area contributed by atoms with Crippen LogP contribution < -0.4 is 9.47 Å². The minimum atomic E-state index is -0.793. The van der Waals surface area contributed by atoms with E-state index >= 15 is 0 Å². The highest BCUT2D eigenvalue weighted by Gasteiger charge is 2.46. The number of likely N-dealkylation sites (tertiary alicyclic amines) is 1. The Bertz CT molecular complexity index is 912. The molecule has 29 heavy (non-hydrogen) atoms. The summed E-state index contributed by atoms with van der Waals surface area (Å²) < 4.78 is 53.2. The van der Waals surface area contributed by atoms with E-state index in [1.807, 2.05) is 20.8 Å². The van der Waals surface area contributed by atoms with Gasteiger partial charge in [0.25, 0.3) is 0 Å². The Morgan fingerprint density at radius 2 is 1.97 bits per heavy atom. The van der Waals surface area contributed by atoms with Crippen molar-refractivity contribution in [1.82, 2.24) is 14.9 Å². The van der Waals surface area contributed by atoms with Crippen LogP contribution >= 0.6 is 0 Å². The van der Waals surface area contributed by atoms with Gasteiger partial charge in [0.2, 0.25) is 5.88 Å². The van der Waals surface area contributed by atoms with Crippen LogP contribution in [0.15, 0.2) is 12.1 Å². The van der Waals surface area contributed by atoms with E-state index in [0.29, 0.717) is 19.6 Å². The molecule has 0 N–H and O–H groups in total. The number of fused-ring (bicyclic) bond motifs is 1. The largest absolute Gasteiger partial charge is 0.471 e. The molecular formula is C21H26F3N3O2. The molecule has 2 aliphatic rings. The molecule has 2 heterocycles. The van der Waals surface area contributed by atoms with Crippen molar-refractivity contribution in [1.29, 1.82) is 0 Å². The quantitative estimate of drug-likeness (QED) is 0.712. The first-order valence-electron chi connectivity index (χ1n) is 9.98. The minimum Gasteiger partial charge on any atom is -0.471 e. The molecule has 8 heteroatoms. The number of aromatic nitrogens is 2. The van der Waals surface area contributed by atoms with Crippen molar-refractivity contribution < 1.29 is 22.6 Å². The Labute approximate surface area is 168 Å². The van der Waals surface area contributed by atoms with E-state index in [2.05, 4.69) is 14.9 Å². The van der Waals surface area contributed by atoms with Crippen LogP contribution in [0.4, 0.5) is 13.2 Å². The third-order valence-corrected chi connectivity index (χ3v) is 5.30. The number of alkyl halides is 1. The molecule has 1 aromatic heterocycles. The van der Waals surface area contributed by atoms with Gasteiger partial charge in [-0.1, -0.05) is 0 Å². The standard InChI is InChI=1S/C21H26F3N3O2/c1-20(2,3)29-18-15-8-14(23)9-16(24)17(15)25-19(26-18)28-12-21(5-6-21)11-27-7-4-13(22)10-27/h8-9,13H,4-7,10-12H2,1-3H3/t13-/m1/s1. The highest BCUT2D eigenvalue weighted by molar-refractivity contribution is 5.84. The van der Waals surface area contributed by atoms with Crippen LogP contribution in [0.5, 0.6) is 11.9 Å². The summed E-state index contributed by atoms with van der Waals surface area (Å²) in [6.07, 6.45) is 1.79. The second-order valence-corrected chi connectivity index (χ2v) is 9.22. The van der Waals surface area contributed by atoms with Gasteiger partial charge in [-0.15, -0.1) is 0 Å². The lowest BCUT2D eigenvalue weighted by molar-refractivity contribution is 0.122. The molecule has 1 aliphatic carbocycles. The third-order valence-electron chi connectivity index (χ3n) is 5.30. The van der Waals surface area contributed by atoms with Crippen molar-refractivity contribution in [2.24, 2.45) is 5.41 Å². The monoisotopic (exact) mass is 409 g/mol. The number of hydrogen-bond acceptors (Lipinski definition) is 5. The van der Waals surface area contributed by atoms with E-state index in [-0.39, 0.29) is 28.2 Å². The Hall–Kier alpha value is -2.09. The molecule has 0 spiro atoms. The molecule has 1 aliphatic heterocycles. The zero-order valence-electron chi connectivity index (χ0n) is 17.0. The first kappa shape index (κ1) is 20.2. The van der Waals surface area contributed by atoms with Gasteiger partial charge in [0.05, 0.1) is 12.0 Å². The minimum absolute atomic E-state index is 0.00155. The van der Waals surface area contributed by atoms with Gasteiger partial charge in [0.15, 0.2) is 5.82 Å². The number of nitrogens with zero attached hydrogens (tertiary/aromatic N) is 3. The highest BCUT2D eigenvalue weighted by atomic mass is 19.1. The van der Waals surface area contributed by atoms with Gasteiger partial charge in [0, 0.05) is 31.1 Å². The van der Waals surface area contributed by atoms with Crippen molar-refractivity contribution >= 4 is 10.9 Å². The van der Waals surface area contributed by atoms with Crippen LogP contribution in [-0.4, -0.2) is 52.9 Å². The van der Waals surface area contributed by atoms with Crippen molar-refractivity contribution in [2.45, 2.75) is 51.8 Å². The van der Waals surface area contributed by atoms with Crippen LogP contribution in [0.3, 0.4) is 0 Å². The predicted molar refractivity (Wildman–Crippen MR) is 103 cm³/mol. The van der Waals surface area contributed by atoms with Crippen LogP contribution in [0.25, 0.3) is 10.9 Å². The first-order chi connectivity index (χ1) is 13.6. The van der Waals surface area contributed by atoms with Crippen LogP contribution in [0, 0.1) is 17.0 Å². The number of rotatable bonds is 6. The average molecular weight is 409 g/mol. The van der Waals surface area contributed by atoms with Gasteiger partial charge < -0.3 is 9.47 Å². The molecule has 0 bridgehead atoms. The fraction of sp³-hybridized carbons (Fsp3) is 0.619. The summed E-state index contributed by atoms with van der Waals surface area (Å²) in [7, 11) is 0. The smallest absolute Gasteiger partial charge is 0.320 e. The summed E-state index contributed by atoms with van der Waals surface area (Å²) in [5.74, 6) is -1.43. The molecule has 2 fully saturated rings. The molecule has 2 aromatic rings. The maximum Gasteiger partial charge on any atom is 0.320 e. The Kier molecular flexibility index (Phi) is 5.09. The fourth-order valence-electron chi connectivity index (χ4n) is 3.69. The lowest BCUT2D eigenvalue weighted by atomic mass is 10.1. The SMILES string of the molecule is CC(C)(C)Oc1nc(OCC2(CN3CC[C@@H](F)C3)CC2)nc2c(F)cc(F)cc12. The summed E-state index contributed by atoms with van der Waals surface area (Å²) in [6.45, 7) is 7.83. The van der Waals surface area contributed by atoms with E-state index in [1.165, 1.54) is 0 Å². The van der Waals surface area contributed by atoms with E-state index in [0.717, 1.165) is 38.1 Å². The molecule has 0 unspecified atom stereocenters. The number of hydrogen-bond donors (Lipinski definition) is 0. The molecule has 1 saturated carbocycles. The van der Waals surface area contributed by atoms with E-state index in [9.17, 15) is 13.2 Å². The Morgan fingerprint density at radius 3 is 2.59 bits per heavy atom. The summed E-state index contributed by atoms with van der Waals surface area (Å²) in [4.78, 5) is 10.6. The van der Waals surface area contributed by atoms with Gasteiger partial charge in [-0.25, -0.2) is 13.2 Å². The molecule has 0 amide bonds. The number of ether oxygens (including phenoxy) is 2. The zero-order chi connectivity index (χ0) is 20.8. The van der Waals surface area contributed by atoms with Gasteiger partial charge in [-0.2, -0.15) is 9.97 Å². The van der Waals surface area contributed by atoms with Crippen molar-refractivity contribution in [3.05, 3.63) is 23.8 Å². The van der Waals surface area contributed by atoms with Crippen LogP contribution in [0.1, 0.15) is 40.0 Å². The molecule has 4 rings (SSSR count). The molecule has 5 nitrogen and oxygen atoms in total. The molecule has 1 saturated heterocycles. The zero-order valence-corrected chi connectivity index (χ0v) is 17.0. The molecule has 0 radical (unpaired) electrons. The maximum absolute atomic E-state index is 14.4. The number of halogens is 3. The fourth-order valence-corrected chi connectivity index (χ4v) is 3.69. The summed E-state index contributed by atoms with van der Waals surface area (Å²) >= 11 is 0. The normalized spacial score (nSPS) is 21.5. The second-order valence-electron chi connectivity index (χ2n) is 9.22. The molecule has 1 atom stereocenters. The molecule has 1 aromatic carbocycles. The number of benzene rings is 1. The first-order valence-corrected chi connectivity index (χ1v) is 9.98. The van der Waals surface area contributed by atoms with Crippen LogP contribution in [-0.2, 0) is 0 Å². The average Bonchev–Trinajstić information content (AvgIpc) is 3.25. The second kappa shape index (κ2) is 7.31. The Morgan fingerprint density at radius 1 is 1.21 bits per heavy atom. The summed E-state index contributed by atoms with van der Waals surface area (Å²) in [5.41, 5.74) is -0.702. The van der Waals surface area contributed by atoms with Gasteiger partial charge in [0.1, 0.15) is 23.1 Å². The molecular weight excluding hydrogens is 383 g/mol. The van der Waals surface area contributed by atoms with Crippen molar-refractivity contribution in [2.75, 3.05) is 26.2 Å². The Balaban J connectivity index is 1.56. The predicted octanol–water partition coefficient (Wildman–Crippen LogP) is 4.29. The lowest BCUT2D eigenvalue weighted by Gasteiger charge is -2.24. The molecule has 158 valence electrons. The van der Waals surface area contributed by atoms with Gasteiger partial charge in [-0.3, -0.25) is 4.90 Å². The van der Waals surface area contributed by atoms with Gasteiger partial charge >= 0.3 is 6.01 Å². The van der Waals surface area contributed by atoms with E-state index < -0.39 is 23.4 Å². The van der Waals surface area contributed by atoms with E-state index in [4.69, 9.17) is 9.47 Å². The van der Waals surface area contributed by atoms with Crippen molar-refractivity contribution in [3.63, 3.8) is 0 Å². The van der Waals surface area contributed by atoms with E-state index in [1.54, 1.807) is 0 Å². The van der Waals surface area contributed by atoms with Crippen LogP contribution in [0.2, 0.25) is 0 Å². The summed E-state index contributed by atoms with van der Waals surface area (Å²) in [6, 6.07) is 1.94. The van der Waals surface area contributed by atoms with Crippen molar-refractivity contribution in [3.8, 4) is 11.9 Å². The lowest BCUT2D eigenvalue weighted by Crippen LogP contribution is -2.32. The van der Waals surface area contributed by atoms with Gasteiger partial charge in [-0.05, 0) is 46.1 Å².